The van der Waals surface area contributed by atoms with Gasteiger partial charge in [0.15, 0.2) is 5.82 Å². The van der Waals surface area contributed by atoms with Gasteiger partial charge in [0, 0.05) is 99.5 Å². The second-order valence-corrected chi connectivity index (χ2v) is 25.4. The third-order valence-electron chi connectivity index (χ3n) is 16.4. The van der Waals surface area contributed by atoms with Crippen molar-refractivity contribution in [1.29, 1.82) is 0 Å². The lowest BCUT2D eigenvalue weighted by atomic mass is 10.1. The molecule has 8 aromatic rings. The number of amides is 2. The third-order valence-corrected chi connectivity index (χ3v) is 16.8. The molecule has 0 spiro atoms. The predicted molar refractivity (Wildman–Crippen MR) is 367 cm³/mol. The number of rotatable bonds is 36. The van der Waals surface area contributed by atoms with E-state index < -0.39 is 0 Å². The van der Waals surface area contributed by atoms with Gasteiger partial charge < -0.3 is 44.0 Å². The first-order valence-electron chi connectivity index (χ1n) is 33.2. The molecule has 1 aliphatic carbocycles. The number of unbranched alkanes of at least 4 members (excludes halogenated alkanes) is 2. The molecule has 2 aliphatic rings. The molecule has 5 aromatic carbocycles. The van der Waals surface area contributed by atoms with Crippen LogP contribution in [0.3, 0.4) is 0 Å². The van der Waals surface area contributed by atoms with E-state index in [2.05, 4.69) is 130 Å². The Bertz CT molecular complexity index is 3750. The number of fused-ring (bicyclic) bond motifs is 3. The second-order valence-electron chi connectivity index (χ2n) is 25.0. The van der Waals surface area contributed by atoms with Crippen LogP contribution in [0.4, 0.5) is 5.82 Å². The molecule has 0 radical (unpaired) electrons. The average Bonchev–Trinajstić information content (AvgIpc) is 1.30. The van der Waals surface area contributed by atoms with Crippen LogP contribution in [0.25, 0.3) is 33.1 Å². The number of ether oxygens (including phenoxy) is 6. The SMILES string of the molecule is CC(C)CN(CC(=O)N1CCN(CC(OCc2ccc3ccccc3c2)c2ccc(OCc3cn(CC(=O)NCCCCCOCCOCCOCCOCC#Cc4ccc5c(c4)CC(Nc4nc(-c6cccnc6)nc6ccccc46)C5)nn3)cc2Cl)CC1)CC(C)C. The molecule has 10 rings (SSSR count). The number of benzene rings is 5. The van der Waals surface area contributed by atoms with Crippen molar-refractivity contribution >= 4 is 50.9 Å². The van der Waals surface area contributed by atoms with Gasteiger partial charge in [0.05, 0.1) is 75.6 Å². The molecule has 1 saturated heterocycles. The van der Waals surface area contributed by atoms with E-state index in [0.29, 0.717) is 126 Å². The fourth-order valence-electron chi connectivity index (χ4n) is 11.9. The highest BCUT2D eigenvalue weighted by Crippen LogP contribution is 2.33. The largest absolute Gasteiger partial charge is 0.487 e. The summed E-state index contributed by atoms with van der Waals surface area (Å²) in [6.07, 6.45) is 9.33. The lowest BCUT2D eigenvalue weighted by Gasteiger charge is -2.37. The highest BCUT2D eigenvalue weighted by atomic mass is 35.5. The number of anilines is 1. The van der Waals surface area contributed by atoms with Gasteiger partial charge in [-0.05, 0) is 126 Å². The molecule has 2 amide bonds. The van der Waals surface area contributed by atoms with Crippen LogP contribution >= 0.6 is 11.6 Å². The first kappa shape index (κ1) is 68.9. The lowest BCUT2D eigenvalue weighted by molar-refractivity contribution is -0.134. The summed E-state index contributed by atoms with van der Waals surface area (Å²) in [6.45, 7) is 19.5. The maximum atomic E-state index is 13.5. The number of hydrogen-bond acceptors (Lipinski definition) is 16. The summed E-state index contributed by atoms with van der Waals surface area (Å²) < 4.78 is 37.2. The zero-order valence-electron chi connectivity index (χ0n) is 54.9. The van der Waals surface area contributed by atoms with Crippen LogP contribution in [0.5, 0.6) is 5.75 Å². The molecule has 1 fully saturated rings. The van der Waals surface area contributed by atoms with E-state index in [0.717, 1.165) is 103 Å². The number of carbonyl (C=O) groups excluding carboxylic acids is 2. The number of hydrogen-bond donors (Lipinski definition) is 2. The van der Waals surface area contributed by atoms with E-state index >= 15 is 0 Å². The first-order chi connectivity index (χ1) is 45.9. The summed E-state index contributed by atoms with van der Waals surface area (Å²) in [5.41, 5.74) is 7.87. The average molecular weight is 1300 g/mol. The Hall–Kier alpha value is -7.90. The van der Waals surface area contributed by atoms with E-state index in [-0.39, 0.29) is 37.1 Å². The topological polar surface area (TPSA) is 193 Å². The maximum absolute atomic E-state index is 13.5. The van der Waals surface area contributed by atoms with Gasteiger partial charge in [0.1, 0.15) is 37.0 Å². The molecule has 496 valence electrons. The molecule has 20 heteroatoms. The van der Waals surface area contributed by atoms with Crippen LogP contribution in [-0.2, 0) is 65.9 Å². The molecule has 19 nitrogen and oxygen atoms in total. The van der Waals surface area contributed by atoms with Crippen molar-refractivity contribution in [2.75, 3.05) is 117 Å². The van der Waals surface area contributed by atoms with Gasteiger partial charge in [-0.2, -0.15) is 0 Å². The summed E-state index contributed by atoms with van der Waals surface area (Å²) in [6, 6.07) is 39.0. The summed E-state index contributed by atoms with van der Waals surface area (Å²) in [5, 5.41) is 19.0. The van der Waals surface area contributed by atoms with Gasteiger partial charge >= 0.3 is 0 Å². The highest BCUT2D eigenvalue weighted by Gasteiger charge is 2.28. The van der Waals surface area contributed by atoms with Gasteiger partial charge in [-0.1, -0.05) is 117 Å². The van der Waals surface area contributed by atoms with Crippen LogP contribution in [-0.4, -0.2) is 174 Å². The molecule has 0 bridgehead atoms. The zero-order chi connectivity index (χ0) is 65.3. The van der Waals surface area contributed by atoms with Crippen molar-refractivity contribution in [3.05, 3.63) is 172 Å². The molecule has 0 saturated carbocycles. The van der Waals surface area contributed by atoms with Crippen LogP contribution in [0, 0.1) is 23.7 Å². The zero-order valence-corrected chi connectivity index (χ0v) is 55.6. The number of carbonyl (C=O) groups is 2. The van der Waals surface area contributed by atoms with Gasteiger partial charge in [0.2, 0.25) is 11.8 Å². The van der Waals surface area contributed by atoms with Gasteiger partial charge in [0.25, 0.3) is 0 Å². The smallest absolute Gasteiger partial charge is 0.241 e. The quantitative estimate of drug-likeness (QED) is 0.0278. The molecule has 3 aromatic heterocycles. The van der Waals surface area contributed by atoms with Gasteiger partial charge in [-0.25, -0.2) is 14.6 Å². The number of halogens is 1. The van der Waals surface area contributed by atoms with Crippen LogP contribution in [0.1, 0.15) is 86.6 Å². The molecule has 2 N–H and O–H groups in total. The van der Waals surface area contributed by atoms with E-state index in [1.54, 1.807) is 18.6 Å². The van der Waals surface area contributed by atoms with Crippen molar-refractivity contribution in [1.82, 2.24) is 50.0 Å². The van der Waals surface area contributed by atoms with Crippen LogP contribution < -0.4 is 15.4 Å². The minimum absolute atomic E-state index is 0.0469. The van der Waals surface area contributed by atoms with E-state index in [4.69, 9.17) is 50.0 Å². The summed E-state index contributed by atoms with van der Waals surface area (Å²) >= 11 is 7.07. The number of aromatic nitrogens is 6. The molecule has 1 aliphatic heterocycles. The Morgan fingerprint density at radius 1 is 0.734 bits per heavy atom. The van der Waals surface area contributed by atoms with Crippen molar-refractivity contribution in [2.45, 2.75) is 91.7 Å². The molecule has 2 unspecified atom stereocenters. The van der Waals surface area contributed by atoms with Crippen LogP contribution in [0.2, 0.25) is 5.02 Å². The Labute approximate surface area is 558 Å². The lowest BCUT2D eigenvalue weighted by Crippen LogP contribution is -2.52. The number of piperazine rings is 1. The van der Waals surface area contributed by atoms with Crippen molar-refractivity contribution < 1.29 is 38.0 Å². The summed E-state index contributed by atoms with van der Waals surface area (Å²) in [5.74, 6) is 9.49. The summed E-state index contributed by atoms with van der Waals surface area (Å²) in [4.78, 5) is 46.9. The minimum atomic E-state index is -0.340. The summed E-state index contributed by atoms with van der Waals surface area (Å²) in [7, 11) is 0. The minimum Gasteiger partial charge on any atom is -0.487 e. The number of pyridine rings is 1. The van der Waals surface area contributed by atoms with Gasteiger partial charge in [-0.15, -0.1) is 5.10 Å². The second kappa shape index (κ2) is 36.1. The highest BCUT2D eigenvalue weighted by molar-refractivity contribution is 6.31. The number of para-hydroxylation sites is 1. The monoisotopic (exact) mass is 1300 g/mol. The predicted octanol–water partition coefficient (Wildman–Crippen LogP) is 10.7. The van der Waals surface area contributed by atoms with Crippen LogP contribution in [0.15, 0.2) is 134 Å². The van der Waals surface area contributed by atoms with Crippen molar-refractivity contribution in [3.63, 3.8) is 0 Å². The molecular formula is C74H90ClN11O8. The Morgan fingerprint density at radius 3 is 2.27 bits per heavy atom. The molecule has 94 heavy (non-hydrogen) atoms. The van der Waals surface area contributed by atoms with E-state index in [1.165, 1.54) is 21.2 Å². The fourth-order valence-corrected chi connectivity index (χ4v) is 12.2. The standard InChI is InChI=1S/C74H90ClN11O8/c1-54(2)46-84(47-55(3)4)51-72(88)85-30-28-83(29-31-85)49-70(94-52-57-21-22-58-15-6-7-16-59(58)41-57)66-25-24-65(44-68(66)75)93-53-64-48-86(82-81-64)50-71(87)77-27-10-5-11-32-89-34-36-91-38-39-92-37-35-90-33-13-14-56-20-23-60-42-63(43-62(60)40-56)78-74-67-18-8-9-19-69(67)79-73(80-74)61-17-12-26-76-45-61/h6-9,12,15-26,40-41,44-45,48,54-55,63,70H,5,10-11,27-39,42-43,46-47,49-53H2,1-4H3,(H,77,87)(H,78,79,80). The Morgan fingerprint density at radius 2 is 1.49 bits per heavy atom. The Kier molecular flexibility index (Phi) is 26.5. The van der Waals surface area contributed by atoms with Crippen molar-refractivity contribution in [2.24, 2.45) is 11.8 Å². The fraction of sp³-hybridized carbons (Fsp3) is 0.446. The number of nitrogens with one attached hydrogen (secondary N) is 2. The van der Waals surface area contributed by atoms with E-state index in [9.17, 15) is 9.59 Å². The molecule has 2 atom stereocenters. The number of nitrogens with zero attached hydrogens (tertiary/aromatic N) is 9. The maximum Gasteiger partial charge on any atom is 0.241 e. The van der Waals surface area contributed by atoms with Crippen molar-refractivity contribution in [3.8, 4) is 29.0 Å². The first-order valence-corrected chi connectivity index (χ1v) is 33.6. The third kappa shape index (κ3) is 21.6. The Balaban J connectivity index is 0.549. The van der Waals surface area contributed by atoms with Gasteiger partial charge in [-0.3, -0.25) is 24.4 Å². The normalized spacial score (nSPS) is 14.4. The van der Waals surface area contributed by atoms with E-state index in [1.807, 2.05) is 65.6 Å². The molecular weight excluding hydrogens is 1210 g/mol. The molecule has 4 heterocycles.